The van der Waals surface area contributed by atoms with Crippen LogP contribution in [0.5, 0.6) is 0 Å². The molecule has 1 unspecified atom stereocenters. The molecule has 1 heterocycles. The van der Waals surface area contributed by atoms with Crippen molar-refractivity contribution in [2.45, 2.75) is 13.8 Å². The van der Waals surface area contributed by atoms with Gasteiger partial charge in [0.2, 0.25) is 5.91 Å². The predicted molar refractivity (Wildman–Crippen MR) is 56.7 cm³/mol. The minimum atomic E-state index is -0.335. The van der Waals surface area contributed by atoms with Crippen molar-refractivity contribution in [3.05, 3.63) is 6.92 Å². The largest absolute Gasteiger partial charge is 0.340 e. The highest BCUT2D eigenvalue weighted by Gasteiger charge is 2.25. The molecule has 0 spiro atoms. The molecule has 0 aliphatic carbocycles. The summed E-state index contributed by atoms with van der Waals surface area (Å²) in [5, 5.41) is 0. The summed E-state index contributed by atoms with van der Waals surface area (Å²) in [5.41, 5.74) is 0. The van der Waals surface area contributed by atoms with Crippen LogP contribution in [0.4, 0.5) is 0 Å². The van der Waals surface area contributed by atoms with Crippen molar-refractivity contribution >= 4 is 5.91 Å². The maximum Gasteiger partial charge on any atom is 0.226 e. The molecule has 1 saturated heterocycles. The van der Waals surface area contributed by atoms with Crippen molar-refractivity contribution in [1.82, 2.24) is 9.80 Å². The van der Waals surface area contributed by atoms with Gasteiger partial charge in [-0.15, -0.1) is 0 Å². The zero-order chi connectivity index (χ0) is 10.7. The Kier molecular flexibility index (Phi) is 3.93. The van der Waals surface area contributed by atoms with Crippen LogP contribution in [0.25, 0.3) is 0 Å². The molecule has 0 N–H and O–H groups in total. The molecule has 0 aromatic carbocycles. The van der Waals surface area contributed by atoms with Crippen molar-refractivity contribution < 1.29 is 4.79 Å². The lowest BCUT2D eigenvalue weighted by atomic mass is 9.96. The quantitative estimate of drug-likeness (QED) is 0.650. The number of hydrogen-bond acceptors (Lipinski definition) is 2. The van der Waals surface area contributed by atoms with E-state index in [1.807, 2.05) is 18.7 Å². The number of carbonyl (C=O) groups is 1. The Hall–Kier alpha value is -0.570. The number of rotatable bonds is 2. The molecular formula is C11H20N2O. The number of piperazine rings is 1. The highest BCUT2D eigenvalue weighted by atomic mass is 16.2. The molecule has 80 valence electrons. The summed E-state index contributed by atoms with van der Waals surface area (Å²) >= 11 is 0. The zero-order valence-electron chi connectivity index (χ0n) is 9.36. The first kappa shape index (κ1) is 11.5. The molecule has 0 bridgehead atoms. The summed E-state index contributed by atoms with van der Waals surface area (Å²) in [5.74, 6) is -0.00587. The summed E-state index contributed by atoms with van der Waals surface area (Å²) in [7, 11) is 2.07. The number of amides is 1. The molecule has 1 rings (SSSR count). The van der Waals surface area contributed by atoms with E-state index in [1.54, 1.807) is 0 Å². The monoisotopic (exact) mass is 196 g/mol. The number of likely N-dealkylation sites (N-methyl/N-ethyl adjacent to an activating group) is 1. The molecule has 3 nitrogen and oxygen atoms in total. The average Bonchev–Trinajstić information content (AvgIpc) is 2.16. The van der Waals surface area contributed by atoms with E-state index >= 15 is 0 Å². The zero-order valence-corrected chi connectivity index (χ0v) is 9.36. The van der Waals surface area contributed by atoms with Gasteiger partial charge in [0, 0.05) is 32.1 Å². The lowest BCUT2D eigenvalue weighted by Gasteiger charge is -2.34. The van der Waals surface area contributed by atoms with Gasteiger partial charge in [-0.3, -0.25) is 4.79 Å². The van der Waals surface area contributed by atoms with Crippen LogP contribution < -0.4 is 0 Å². The normalized spacial score (nSPS) is 21.4. The van der Waals surface area contributed by atoms with Gasteiger partial charge < -0.3 is 9.80 Å². The molecule has 0 aromatic rings. The topological polar surface area (TPSA) is 23.6 Å². The van der Waals surface area contributed by atoms with Crippen LogP contribution in [-0.4, -0.2) is 48.9 Å². The van der Waals surface area contributed by atoms with Crippen molar-refractivity contribution in [3.8, 4) is 0 Å². The van der Waals surface area contributed by atoms with Gasteiger partial charge in [-0.2, -0.15) is 0 Å². The van der Waals surface area contributed by atoms with Gasteiger partial charge in [0.25, 0.3) is 0 Å². The van der Waals surface area contributed by atoms with Crippen molar-refractivity contribution in [2.75, 3.05) is 33.2 Å². The molecule has 1 aliphatic heterocycles. The second kappa shape index (κ2) is 4.78. The predicted octanol–water partition coefficient (Wildman–Crippen LogP) is 0.744. The van der Waals surface area contributed by atoms with Crippen molar-refractivity contribution in [3.63, 3.8) is 0 Å². The number of hydrogen-bond donors (Lipinski definition) is 0. The number of carbonyl (C=O) groups excluding carboxylic acids is 1. The first-order valence-electron chi connectivity index (χ1n) is 5.25. The Morgan fingerprint density at radius 2 is 1.71 bits per heavy atom. The fourth-order valence-electron chi connectivity index (χ4n) is 1.52. The van der Waals surface area contributed by atoms with Gasteiger partial charge in [-0.1, -0.05) is 13.8 Å². The van der Waals surface area contributed by atoms with Gasteiger partial charge >= 0.3 is 0 Å². The van der Waals surface area contributed by atoms with Crippen LogP contribution in [0, 0.1) is 18.8 Å². The number of nitrogens with zero attached hydrogens (tertiary/aromatic N) is 2. The van der Waals surface area contributed by atoms with E-state index in [1.165, 1.54) is 0 Å². The summed E-state index contributed by atoms with van der Waals surface area (Å²) in [4.78, 5) is 15.9. The Bertz CT molecular complexity index is 195. The molecule has 1 amide bonds. The molecule has 1 fully saturated rings. The second-order valence-corrected chi connectivity index (χ2v) is 4.40. The van der Waals surface area contributed by atoms with E-state index in [4.69, 9.17) is 6.92 Å². The lowest BCUT2D eigenvalue weighted by Crippen LogP contribution is -2.49. The Morgan fingerprint density at radius 1 is 1.21 bits per heavy atom. The highest BCUT2D eigenvalue weighted by Crippen LogP contribution is 2.14. The first-order valence-corrected chi connectivity index (χ1v) is 5.25. The molecular weight excluding hydrogens is 176 g/mol. The van der Waals surface area contributed by atoms with E-state index in [-0.39, 0.29) is 17.7 Å². The van der Waals surface area contributed by atoms with Crippen LogP contribution in [0.3, 0.4) is 0 Å². The second-order valence-electron chi connectivity index (χ2n) is 4.40. The van der Waals surface area contributed by atoms with Crippen LogP contribution in [0.1, 0.15) is 13.8 Å². The van der Waals surface area contributed by atoms with Crippen LogP contribution in [-0.2, 0) is 4.79 Å². The fourth-order valence-corrected chi connectivity index (χ4v) is 1.52. The third kappa shape index (κ3) is 2.71. The molecule has 0 saturated carbocycles. The SMILES string of the molecule is [CH]C(C(=O)N1CCN(C)CC1)C(C)C. The standard InChI is InChI=1S/C11H20N2O/c1-9(2)10(3)11(14)13-7-5-12(4)6-8-13/h3,9-10H,5-8H2,1-2,4H3. The van der Waals surface area contributed by atoms with Gasteiger partial charge in [0.1, 0.15) is 0 Å². The summed E-state index contributed by atoms with van der Waals surface area (Å²) in [6, 6.07) is 0. The van der Waals surface area contributed by atoms with E-state index in [9.17, 15) is 4.79 Å². The van der Waals surface area contributed by atoms with Crippen LogP contribution in [0.2, 0.25) is 0 Å². The smallest absolute Gasteiger partial charge is 0.226 e. The molecule has 3 heteroatoms. The molecule has 1 atom stereocenters. The third-order valence-corrected chi connectivity index (χ3v) is 2.82. The maximum atomic E-state index is 11.8. The minimum Gasteiger partial charge on any atom is -0.340 e. The van der Waals surface area contributed by atoms with Crippen molar-refractivity contribution in [2.24, 2.45) is 11.8 Å². The Morgan fingerprint density at radius 3 is 2.14 bits per heavy atom. The highest BCUT2D eigenvalue weighted by molar-refractivity contribution is 5.79. The van der Waals surface area contributed by atoms with Gasteiger partial charge in [0.15, 0.2) is 0 Å². The van der Waals surface area contributed by atoms with Gasteiger partial charge in [0.05, 0.1) is 0 Å². The van der Waals surface area contributed by atoms with Crippen LogP contribution >= 0.6 is 0 Å². The molecule has 2 radical (unpaired) electrons. The molecule has 0 aromatic heterocycles. The lowest BCUT2D eigenvalue weighted by molar-refractivity contribution is -0.136. The minimum absolute atomic E-state index is 0.105. The fraction of sp³-hybridized carbons (Fsp3) is 0.818. The van der Waals surface area contributed by atoms with E-state index < -0.39 is 0 Å². The molecule has 14 heavy (non-hydrogen) atoms. The summed E-state index contributed by atoms with van der Waals surface area (Å²) in [6.07, 6.45) is 0. The third-order valence-electron chi connectivity index (χ3n) is 2.82. The summed E-state index contributed by atoms with van der Waals surface area (Å²) < 4.78 is 0. The van der Waals surface area contributed by atoms with E-state index in [2.05, 4.69) is 11.9 Å². The van der Waals surface area contributed by atoms with Crippen LogP contribution in [0.15, 0.2) is 0 Å². The first-order chi connectivity index (χ1) is 6.52. The summed E-state index contributed by atoms with van der Waals surface area (Å²) in [6.45, 7) is 13.3. The Labute approximate surface area is 87.1 Å². The van der Waals surface area contributed by atoms with Gasteiger partial charge in [-0.25, -0.2) is 0 Å². The molecule has 1 aliphatic rings. The maximum absolute atomic E-state index is 11.8. The average molecular weight is 196 g/mol. The van der Waals surface area contributed by atoms with Gasteiger partial charge in [-0.05, 0) is 19.9 Å². The van der Waals surface area contributed by atoms with E-state index in [0.717, 1.165) is 26.2 Å². The van der Waals surface area contributed by atoms with E-state index in [0.29, 0.717) is 0 Å². The van der Waals surface area contributed by atoms with Crippen molar-refractivity contribution in [1.29, 1.82) is 0 Å². The Balaban J connectivity index is 2.45.